The molecule has 2 aromatic carbocycles. The minimum atomic E-state index is -4.66. The van der Waals surface area contributed by atoms with Crippen LogP contribution in [0.25, 0.3) is 5.57 Å². The lowest BCUT2D eigenvalue weighted by Gasteiger charge is -2.18. The lowest BCUT2D eigenvalue weighted by Crippen LogP contribution is -2.16. The SMILES string of the molecule is C=C/C1=C(\C=C/C)c2cc(c(F)cc2F)NS(=O)(=O)c2cc(cc(Cl)c2O)C(=O)OCCC1C. The number of phenols is 1. The molecule has 2 N–H and O–H groups in total. The molecule has 0 saturated carbocycles. The van der Waals surface area contributed by atoms with E-state index in [0.29, 0.717) is 23.6 Å². The zero-order valence-electron chi connectivity index (χ0n) is 18.4. The van der Waals surface area contributed by atoms with E-state index in [4.69, 9.17) is 16.3 Å². The average Bonchev–Trinajstić information content (AvgIpc) is 2.76. The first-order valence-electron chi connectivity index (χ1n) is 10.2. The van der Waals surface area contributed by atoms with Gasteiger partial charge in [-0.1, -0.05) is 43.3 Å². The van der Waals surface area contributed by atoms with Crippen LogP contribution < -0.4 is 4.72 Å². The van der Waals surface area contributed by atoms with Gasteiger partial charge in [0.05, 0.1) is 22.9 Å². The van der Waals surface area contributed by atoms with Crippen molar-refractivity contribution in [2.75, 3.05) is 11.3 Å². The summed E-state index contributed by atoms with van der Waals surface area (Å²) in [6.45, 7) is 7.29. The highest BCUT2D eigenvalue weighted by atomic mass is 35.5. The fraction of sp³-hybridized carbons (Fsp3) is 0.208. The molecule has 4 bridgehead atoms. The van der Waals surface area contributed by atoms with E-state index in [1.807, 2.05) is 11.6 Å². The Morgan fingerprint density at radius 2 is 1.94 bits per heavy atom. The molecule has 0 spiro atoms. The molecule has 0 aliphatic carbocycles. The topological polar surface area (TPSA) is 92.7 Å². The fourth-order valence-electron chi connectivity index (χ4n) is 3.58. The molecular weight excluding hydrogens is 488 g/mol. The number of sulfonamides is 1. The lowest BCUT2D eigenvalue weighted by molar-refractivity contribution is 0.0490. The minimum absolute atomic E-state index is 0.0452. The van der Waals surface area contributed by atoms with Crippen molar-refractivity contribution in [3.8, 4) is 5.75 Å². The van der Waals surface area contributed by atoms with Crippen LogP contribution in [0.3, 0.4) is 0 Å². The molecule has 0 fully saturated rings. The van der Waals surface area contributed by atoms with Gasteiger partial charge in [0.15, 0.2) is 5.75 Å². The monoisotopic (exact) mass is 509 g/mol. The first kappa shape index (κ1) is 25.5. The second-order valence-corrected chi connectivity index (χ2v) is 9.68. The highest BCUT2D eigenvalue weighted by molar-refractivity contribution is 7.92. The van der Waals surface area contributed by atoms with Crippen LogP contribution in [-0.2, 0) is 14.8 Å². The summed E-state index contributed by atoms with van der Waals surface area (Å²) in [5, 5.41) is 9.83. The Balaban J connectivity index is 2.34. The van der Waals surface area contributed by atoms with E-state index in [9.17, 15) is 27.1 Å². The quantitative estimate of drug-likeness (QED) is 0.496. The number of esters is 1. The van der Waals surface area contributed by atoms with Gasteiger partial charge in [-0.05, 0) is 48.6 Å². The number of halogens is 3. The molecule has 1 aliphatic rings. The summed E-state index contributed by atoms with van der Waals surface area (Å²) in [4.78, 5) is 11.8. The maximum absolute atomic E-state index is 14.9. The largest absolute Gasteiger partial charge is 0.505 e. The molecule has 10 heteroatoms. The number of carbonyl (C=O) groups is 1. The van der Waals surface area contributed by atoms with Crippen LogP contribution in [0.1, 0.15) is 36.2 Å². The van der Waals surface area contributed by atoms with Crippen LogP contribution in [-0.4, -0.2) is 26.1 Å². The van der Waals surface area contributed by atoms with Gasteiger partial charge in [-0.25, -0.2) is 22.0 Å². The number of cyclic esters (lactones) is 1. The third-order valence-corrected chi connectivity index (χ3v) is 6.99. The van der Waals surface area contributed by atoms with Gasteiger partial charge in [-0.3, -0.25) is 4.72 Å². The number of hydrogen-bond acceptors (Lipinski definition) is 5. The average molecular weight is 510 g/mol. The van der Waals surface area contributed by atoms with Crippen LogP contribution in [0.5, 0.6) is 5.75 Å². The predicted molar refractivity (Wildman–Crippen MR) is 126 cm³/mol. The molecule has 180 valence electrons. The van der Waals surface area contributed by atoms with Crippen LogP contribution in [0.15, 0.2) is 59.5 Å². The molecule has 0 amide bonds. The molecule has 0 saturated heterocycles. The van der Waals surface area contributed by atoms with E-state index in [0.717, 1.165) is 18.2 Å². The van der Waals surface area contributed by atoms with E-state index in [1.165, 1.54) is 6.08 Å². The molecule has 1 aliphatic heterocycles. The number of ether oxygens (including phenoxy) is 1. The van der Waals surface area contributed by atoms with Crippen LogP contribution in [0.2, 0.25) is 5.02 Å². The molecule has 0 radical (unpaired) electrons. The third-order valence-electron chi connectivity index (χ3n) is 5.32. The van der Waals surface area contributed by atoms with E-state index in [2.05, 4.69) is 6.58 Å². The molecule has 34 heavy (non-hydrogen) atoms. The first-order chi connectivity index (χ1) is 16.0. The molecular formula is C24H22ClF2NO5S. The Hall–Kier alpha value is -3.17. The Kier molecular flexibility index (Phi) is 7.48. The number of anilines is 1. The van der Waals surface area contributed by atoms with E-state index < -0.39 is 49.0 Å². The minimum Gasteiger partial charge on any atom is -0.505 e. The normalized spacial score (nSPS) is 20.7. The summed E-state index contributed by atoms with van der Waals surface area (Å²) >= 11 is 5.94. The maximum atomic E-state index is 14.9. The zero-order chi connectivity index (χ0) is 25.2. The number of nitrogens with one attached hydrogen (secondary N) is 1. The van der Waals surface area contributed by atoms with E-state index in [-0.39, 0.29) is 23.7 Å². The van der Waals surface area contributed by atoms with Crippen molar-refractivity contribution in [1.82, 2.24) is 0 Å². The molecule has 1 atom stereocenters. The summed E-state index contributed by atoms with van der Waals surface area (Å²) in [6, 6.07) is 3.53. The summed E-state index contributed by atoms with van der Waals surface area (Å²) in [7, 11) is -4.66. The smallest absolute Gasteiger partial charge is 0.338 e. The zero-order valence-corrected chi connectivity index (χ0v) is 19.9. The van der Waals surface area contributed by atoms with Crippen molar-refractivity contribution in [3.63, 3.8) is 0 Å². The summed E-state index contributed by atoms with van der Waals surface area (Å²) in [5.74, 6) is -4.05. The predicted octanol–water partition coefficient (Wildman–Crippen LogP) is 5.84. The van der Waals surface area contributed by atoms with Crippen LogP contribution in [0, 0.1) is 17.6 Å². The number of aromatic hydroxyl groups is 1. The van der Waals surface area contributed by atoms with Gasteiger partial charge in [0, 0.05) is 11.6 Å². The number of hydrogen-bond donors (Lipinski definition) is 2. The molecule has 1 heterocycles. The first-order valence-corrected chi connectivity index (χ1v) is 12.1. The molecule has 3 rings (SSSR count). The summed E-state index contributed by atoms with van der Waals surface area (Å²) in [5.41, 5.74) is 0.0925. The van der Waals surface area contributed by atoms with Crippen molar-refractivity contribution in [3.05, 3.63) is 82.4 Å². The number of fused-ring (bicyclic) bond motifs is 4. The van der Waals surface area contributed by atoms with Gasteiger partial charge < -0.3 is 9.84 Å². The van der Waals surface area contributed by atoms with E-state index >= 15 is 0 Å². The van der Waals surface area contributed by atoms with E-state index in [1.54, 1.807) is 19.1 Å². The number of phenolic OH excluding ortho intramolecular Hbond substituents is 1. The highest BCUT2D eigenvalue weighted by Gasteiger charge is 2.27. The van der Waals surface area contributed by atoms with Crippen molar-refractivity contribution in [1.29, 1.82) is 0 Å². The van der Waals surface area contributed by atoms with Crippen molar-refractivity contribution < 1.29 is 31.8 Å². The number of rotatable bonds is 2. The molecule has 0 aromatic heterocycles. The van der Waals surface area contributed by atoms with Crippen molar-refractivity contribution >= 4 is 38.9 Å². The van der Waals surface area contributed by atoms with Gasteiger partial charge in [0.25, 0.3) is 10.0 Å². The van der Waals surface area contributed by atoms with Crippen LogP contribution >= 0.6 is 11.6 Å². The highest BCUT2D eigenvalue weighted by Crippen LogP contribution is 2.36. The second kappa shape index (κ2) is 9.99. The summed E-state index contributed by atoms with van der Waals surface area (Å²) in [6.07, 6.45) is 5.10. The van der Waals surface area contributed by atoms with Gasteiger partial charge in [0.1, 0.15) is 16.5 Å². The van der Waals surface area contributed by atoms with Gasteiger partial charge in [-0.2, -0.15) is 0 Å². The van der Waals surface area contributed by atoms with Crippen molar-refractivity contribution in [2.24, 2.45) is 5.92 Å². The van der Waals surface area contributed by atoms with Gasteiger partial charge in [0.2, 0.25) is 0 Å². The maximum Gasteiger partial charge on any atom is 0.338 e. The number of carbonyl (C=O) groups excluding carboxylic acids is 1. The number of allylic oxidation sites excluding steroid dienone is 5. The standard InChI is InChI=1S/C24H22ClF2NO5S/c1-4-6-16-15(5-2)13(3)7-8-33-24(30)14-9-18(25)23(29)22(10-14)34(31,32)28-21-11-17(16)19(26)12-20(21)27/h4-6,9-13,28-29H,2,7-8H2,1,3H3/b6-4-,16-15-. The fourth-order valence-corrected chi connectivity index (χ4v) is 5.06. The number of benzene rings is 2. The lowest BCUT2D eigenvalue weighted by atomic mass is 9.89. The molecule has 6 nitrogen and oxygen atoms in total. The Morgan fingerprint density at radius 1 is 1.24 bits per heavy atom. The second-order valence-electron chi connectivity index (χ2n) is 7.62. The third kappa shape index (κ3) is 5.00. The van der Waals surface area contributed by atoms with Gasteiger partial charge >= 0.3 is 5.97 Å². The Labute approximate surface area is 201 Å². The summed E-state index contributed by atoms with van der Waals surface area (Å²) < 4.78 is 62.9. The Bertz CT molecular complexity index is 1340. The molecule has 2 aromatic rings. The van der Waals surface area contributed by atoms with Crippen LogP contribution in [0.4, 0.5) is 14.5 Å². The van der Waals surface area contributed by atoms with Gasteiger partial charge in [-0.15, -0.1) is 0 Å². The Morgan fingerprint density at radius 3 is 2.59 bits per heavy atom. The van der Waals surface area contributed by atoms with Crippen molar-refractivity contribution in [2.45, 2.75) is 25.2 Å². The molecule has 1 unspecified atom stereocenters.